The SMILES string of the molecule is CCC(CC)N1C(=O)CC(NC(C)c2ccc(C)o2)C1=O. The minimum Gasteiger partial charge on any atom is -0.465 e. The highest BCUT2D eigenvalue weighted by Crippen LogP contribution is 2.23. The first kappa shape index (κ1) is 15.8. The van der Waals surface area contributed by atoms with Gasteiger partial charge in [0.2, 0.25) is 11.8 Å². The van der Waals surface area contributed by atoms with Crippen LogP contribution in [0.15, 0.2) is 16.5 Å². The number of carbonyl (C=O) groups excluding carboxylic acids is 2. The van der Waals surface area contributed by atoms with E-state index in [0.29, 0.717) is 0 Å². The van der Waals surface area contributed by atoms with Crippen molar-refractivity contribution >= 4 is 11.8 Å². The van der Waals surface area contributed by atoms with Crippen LogP contribution in [0.3, 0.4) is 0 Å². The summed E-state index contributed by atoms with van der Waals surface area (Å²) in [6.07, 6.45) is 1.83. The maximum atomic E-state index is 12.5. The topological polar surface area (TPSA) is 62.6 Å². The Bertz CT molecular complexity index is 519. The molecule has 116 valence electrons. The third-order valence-electron chi connectivity index (χ3n) is 4.13. The summed E-state index contributed by atoms with van der Waals surface area (Å²) in [5, 5.41) is 3.22. The van der Waals surface area contributed by atoms with Crippen LogP contribution in [0.5, 0.6) is 0 Å². The number of furan rings is 1. The largest absolute Gasteiger partial charge is 0.465 e. The molecule has 1 aromatic heterocycles. The molecule has 1 fully saturated rings. The summed E-state index contributed by atoms with van der Waals surface area (Å²) in [5.41, 5.74) is 0. The molecule has 0 spiro atoms. The highest BCUT2D eigenvalue weighted by Gasteiger charge is 2.41. The first-order valence-electron chi connectivity index (χ1n) is 7.66. The van der Waals surface area contributed by atoms with E-state index >= 15 is 0 Å². The van der Waals surface area contributed by atoms with Crippen molar-refractivity contribution < 1.29 is 14.0 Å². The summed E-state index contributed by atoms with van der Waals surface area (Å²) in [6.45, 7) is 7.83. The Hall–Kier alpha value is -1.62. The van der Waals surface area contributed by atoms with Gasteiger partial charge in [-0.15, -0.1) is 0 Å². The normalized spacial score (nSPS) is 20.6. The summed E-state index contributed by atoms with van der Waals surface area (Å²) < 4.78 is 5.56. The van der Waals surface area contributed by atoms with E-state index in [2.05, 4.69) is 5.32 Å². The molecular formula is C16H24N2O3. The van der Waals surface area contributed by atoms with E-state index in [4.69, 9.17) is 4.42 Å². The highest BCUT2D eigenvalue weighted by atomic mass is 16.3. The Morgan fingerprint density at radius 3 is 2.52 bits per heavy atom. The van der Waals surface area contributed by atoms with Crippen LogP contribution in [-0.4, -0.2) is 28.8 Å². The molecule has 1 aromatic rings. The van der Waals surface area contributed by atoms with Crippen LogP contribution in [0.2, 0.25) is 0 Å². The van der Waals surface area contributed by atoms with Gasteiger partial charge in [-0.1, -0.05) is 13.8 Å². The molecule has 2 unspecified atom stereocenters. The maximum absolute atomic E-state index is 12.5. The number of aryl methyl sites for hydroxylation is 1. The molecule has 0 aromatic carbocycles. The van der Waals surface area contributed by atoms with Crippen molar-refractivity contribution in [2.24, 2.45) is 0 Å². The molecule has 2 rings (SSSR count). The van der Waals surface area contributed by atoms with Crippen LogP contribution in [0.1, 0.15) is 57.6 Å². The molecule has 2 atom stereocenters. The fourth-order valence-electron chi connectivity index (χ4n) is 2.89. The second-order valence-corrected chi connectivity index (χ2v) is 5.67. The number of likely N-dealkylation sites (tertiary alicyclic amines) is 1. The number of hydrogen-bond donors (Lipinski definition) is 1. The van der Waals surface area contributed by atoms with Crippen molar-refractivity contribution in [1.29, 1.82) is 0 Å². The van der Waals surface area contributed by atoms with Crippen LogP contribution in [0.4, 0.5) is 0 Å². The Kier molecular flexibility index (Phi) is 4.83. The predicted octanol–water partition coefficient (Wildman–Crippen LogP) is 2.55. The zero-order valence-corrected chi connectivity index (χ0v) is 13.2. The lowest BCUT2D eigenvalue weighted by atomic mass is 10.1. The Balaban J connectivity index is 2.05. The van der Waals surface area contributed by atoms with Gasteiger partial charge in [0, 0.05) is 6.04 Å². The van der Waals surface area contributed by atoms with Crippen molar-refractivity contribution in [3.63, 3.8) is 0 Å². The van der Waals surface area contributed by atoms with Gasteiger partial charge < -0.3 is 4.42 Å². The number of nitrogens with zero attached hydrogens (tertiary/aromatic N) is 1. The van der Waals surface area contributed by atoms with Crippen LogP contribution in [0, 0.1) is 6.92 Å². The van der Waals surface area contributed by atoms with Crippen LogP contribution >= 0.6 is 0 Å². The first-order chi connectivity index (χ1) is 9.97. The lowest BCUT2D eigenvalue weighted by molar-refractivity contribution is -0.141. The summed E-state index contributed by atoms with van der Waals surface area (Å²) in [4.78, 5) is 26.0. The molecule has 1 aliphatic heterocycles. The van der Waals surface area contributed by atoms with Crippen molar-refractivity contribution in [2.75, 3.05) is 0 Å². The van der Waals surface area contributed by atoms with E-state index in [-0.39, 0.29) is 30.3 Å². The Labute approximate surface area is 125 Å². The van der Waals surface area contributed by atoms with E-state index in [0.717, 1.165) is 24.4 Å². The van der Waals surface area contributed by atoms with E-state index in [1.807, 2.05) is 39.8 Å². The van der Waals surface area contributed by atoms with Crippen molar-refractivity contribution in [1.82, 2.24) is 10.2 Å². The van der Waals surface area contributed by atoms with Crippen molar-refractivity contribution in [2.45, 2.75) is 65.1 Å². The standard InChI is InChI=1S/C16H24N2O3/c1-5-12(6-2)18-15(19)9-13(16(18)20)17-11(4)14-8-7-10(3)21-14/h7-8,11-13,17H,5-6,9H2,1-4H3. The second-order valence-electron chi connectivity index (χ2n) is 5.67. The van der Waals surface area contributed by atoms with E-state index in [1.165, 1.54) is 4.90 Å². The highest BCUT2D eigenvalue weighted by molar-refractivity contribution is 6.05. The molecule has 0 bridgehead atoms. The lowest BCUT2D eigenvalue weighted by Gasteiger charge is -2.24. The van der Waals surface area contributed by atoms with Gasteiger partial charge in [-0.3, -0.25) is 19.8 Å². The molecule has 5 nitrogen and oxygen atoms in total. The summed E-state index contributed by atoms with van der Waals surface area (Å²) in [7, 11) is 0. The fraction of sp³-hybridized carbons (Fsp3) is 0.625. The maximum Gasteiger partial charge on any atom is 0.247 e. The Morgan fingerprint density at radius 1 is 1.33 bits per heavy atom. The zero-order valence-electron chi connectivity index (χ0n) is 13.2. The molecule has 2 amide bonds. The van der Waals surface area contributed by atoms with Gasteiger partial charge in [0.05, 0.1) is 18.5 Å². The summed E-state index contributed by atoms with van der Waals surface area (Å²) >= 11 is 0. The smallest absolute Gasteiger partial charge is 0.247 e. The molecule has 1 aliphatic rings. The number of hydrogen-bond acceptors (Lipinski definition) is 4. The van der Waals surface area contributed by atoms with Gasteiger partial charge in [0.15, 0.2) is 0 Å². The van der Waals surface area contributed by atoms with Crippen LogP contribution < -0.4 is 5.32 Å². The Morgan fingerprint density at radius 2 is 2.00 bits per heavy atom. The second kappa shape index (κ2) is 6.43. The third-order valence-corrected chi connectivity index (χ3v) is 4.13. The number of carbonyl (C=O) groups is 2. The van der Waals surface area contributed by atoms with Gasteiger partial charge in [-0.25, -0.2) is 0 Å². The number of rotatable bonds is 6. The van der Waals surface area contributed by atoms with E-state index in [1.54, 1.807) is 0 Å². The van der Waals surface area contributed by atoms with Crippen LogP contribution in [-0.2, 0) is 9.59 Å². The quantitative estimate of drug-likeness (QED) is 0.819. The molecule has 2 heterocycles. The van der Waals surface area contributed by atoms with Gasteiger partial charge in [-0.2, -0.15) is 0 Å². The van der Waals surface area contributed by atoms with E-state index in [9.17, 15) is 9.59 Å². The minimum atomic E-state index is -0.446. The summed E-state index contributed by atoms with van der Waals surface area (Å²) in [5.74, 6) is 1.44. The zero-order chi connectivity index (χ0) is 15.6. The van der Waals surface area contributed by atoms with Gasteiger partial charge >= 0.3 is 0 Å². The molecule has 0 aliphatic carbocycles. The summed E-state index contributed by atoms with van der Waals surface area (Å²) in [6, 6.07) is 3.26. The van der Waals surface area contributed by atoms with Crippen LogP contribution in [0.25, 0.3) is 0 Å². The molecule has 21 heavy (non-hydrogen) atoms. The minimum absolute atomic E-state index is 0.0120. The molecule has 5 heteroatoms. The third kappa shape index (κ3) is 3.18. The first-order valence-corrected chi connectivity index (χ1v) is 7.66. The van der Waals surface area contributed by atoms with Crippen molar-refractivity contribution in [3.8, 4) is 0 Å². The number of imide groups is 1. The molecule has 1 N–H and O–H groups in total. The predicted molar refractivity (Wildman–Crippen MR) is 79.6 cm³/mol. The average Bonchev–Trinajstić information content (AvgIpc) is 2.99. The molecule has 0 radical (unpaired) electrons. The van der Waals surface area contributed by atoms with Crippen molar-refractivity contribution in [3.05, 3.63) is 23.7 Å². The fourth-order valence-corrected chi connectivity index (χ4v) is 2.89. The lowest BCUT2D eigenvalue weighted by Crippen LogP contribution is -2.44. The van der Waals surface area contributed by atoms with Gasteiger partial charge in [0.25, 0.3) is 0 Å². The van der Waals surface area contributed by atoms with E-state index < -0.39 is 6.04 Å². The molecule has 1 saturated heterocycles. The molecule has 0 saturated carbocycles. The van der Waals surface area contributed by atoms with Gasteiger partial charge in [-0.05, 0) is 38.8 Å². The number of nitrogens with one attached hydrogen (secondary N) is 1. The average molecular weight is 292 g/mol. The van der Waals surface area contributed by atoms with Gasteiger partial charge in [0.1, 0.15) is 11.5 Å². The monoisotopic (exact) mass is 292 g/mol. The number of amides is 2. The molecular weight excluding hydrogens is 268 g/mol.